The maximum atomic E-state index is 6.07. The SMILES string of the molecule is c1cncc(CCOc2cccnc2-c2cccc(N3CCNCC3)c2)c1. The average Bonchev–Trinajstić information content (AvgIpc) is 2.76. The fourth-order valence-corrected chi connectivity index (χ4v) is 3.32. The number of ether oxygens (including phenoxy) is 1. The number of benzene rings is 1. The van der Waals surface area contributed by atoms with Gasteiger partial charge in [0.2, 0.25) is 0 Å². The van der Waals surface area contributed by atoms with Crippen LogP contribution in [-0.2, 0) is 6.42 Å². The Morgan fingerprint density at radius 1 is 1.00 bits per heavy atom. The van der Waals surface area contributed by atoms with Crippen molar-refractivity contribution >= 4 is 5.69 Å². The van der Waals surface area contributed by atoms with Crippen molar-refractivity contribution in [1.29, 1.82) is 0 Å². The van der Waals surface area contributed by atoms with Gasteiger partial charge in [0.25, 0.3) is 0 Å². The molecular weight excluding hydrogens is 336 g/mol. The molecule has 27 heavy (non-hydrogen) atoms. The van der Waals surface area contributed by atoms with E-state index in [4.69, 9.17) is 4.74 Å². The number of aromatic nitrogens is 2. The summed E-state index contributed by atoms with van der Waals surface area (Å²) in [6, 6.07) is 16.5. The predicted molar refractivity (Wildman–Crippen MR) is 108 cm³/mol. The molecule has 0 aliphatic carbocycles. The van der Waals surface area contributed by atoms with Gasteiger partial charge in [-0.15, -0.1) is 0 Å². The normalized spacial score (nSPS) is 14.1. The van der Waals surface area contributed by atoms with Crippen LogP contribution in [0.25, 0.3) is 11.3 Å². The van der Waals surface area contributed by atoms with Crippen molar-refractivity contribution in [1.82, 2.24) is 15.3 Å². The summed E-state index contributed by atoms with van der Waals surface area (Å²) in [6.45, 7) is 4.70. The van der Waals surface area contributed by atoms with Gasteiger partial charge in [-0.05, 0) is 35.9 Å². The molecule has 4 rings (SSSR count). The molecule has 1 fully saturated rings. The van der Waals surface area contributed by atoms with Gasteiger partial charge in [-0.1, -0.05) is 18.2 Å². The van der Waals surface area contributed by atoms with Crippen molar-refractivity contribution in [2.45, 2.75) is 6.42 Å². The molecule has 3 aromatic rings. The second-order valence-corrected chi connectivity index (χ2v) is 6.60. The molecule has 0 atom stereocenters. The van der Waals surface area contributed by atoms with Crippen LogP contribution in [0, 0.1) is 0 Å². The molecule has 1 aliphatic heterocycles. The highest BCUT2D eigenvalue weighted by Gasteiger charge is 2.13. The van der Waals surface area contributed by atoms with Crippen LogP contribution >= 0.6 is 0 Å². The van der Waals surface area contributed by atoms with Crippen LogP contribution in [0.4, 0.5) is 5.69 Å². The third-order valence-corrected chi connectivity index (χ3v) is 4.74. The lowest BCUT2D eigenvalue weighted by Gasteiger charge is -2.29. The van der Waals surface area contributed by atoms with Crippen LogP contribution in [0.2, 0.25) is 0 Å². The maximum absolute atomic E-state index is 6.07. The number of pyridine rings is 2. The fraction of sp³-hybridized carbons (Fsp3) is 0.273. The summed E-state index contributed by atoms with van der Waals surface area (Å²) in [4.78, 5) is 11.2. The fourth-order valence-electron chi connectivity index (χ4n) is 3.32. The van der Waals surface area contributed by atoms with Crippen LogP contribution in [0.3, 0.4) is 0 Å². The van der Waals surface area contributed by atoms with Crippen LogP contribution < -0.4 is 15.0 Å². The molecule has 1 aliphatic rings. The summed E-state index contributed by atoms with van der Waals surface area (Å²) in [5, 5.41) is 3.40. The lowest BCUT2D eigenvalue weighted by molar-refractivity contribution is 0.322. The molecule has 138 valence electrons. The van der Waals surface area contributed by atoms with Gasteiger partial charge in [0.05, 0.1) is 6.61 Å². The summed E-state index contributed by atoms with van der Waals surface area (Å²) in [5.41, 5.74) is 4.38. The van der Waals surface area contributed by atoms with E-state index in [1.54, 1.807) is 6.20 Å². The second-order valence-electron chi connectivity index (χ2n) is 6.60. The zero-order valence-electron chi connectivity index (χ0n) is 15.3. The van der Waals surface area contributed by atoms with Gasteiger partial charge in [0.1, 0.15) is 11.4 Å². The topological polar surface area (TPSA) is 50.3 Å². The molecule has 1 saturated heterocycles. The van der Waals surface area contributed by atoms with Gasteiger partial charge >= 0.3 is 0 Å². The van der Waals surface area contributed by atoms with E-state index in [1.165, 1.54) is 11.3 Å². The highest BCUT2D eigenvalue weighted by Crippen LogP contribution is 2.30. The lowest BCUT2D eigenvalue weighted by Crippen LogP contribution is -2.43. The minimum atomic E-state index is 0.599. The highest BCUT2D eigenvalue weighted by atomic mass is 16.5. The number of rotatable bonds is 6. The van der Waals surface area contributed by atoms with E-state index in [2.05, 4.69) is 50.5 Å². The first-order valence-electron chi connectivity index (χ1n) is 9.43. The molecule has 3 heterocycles. The van der Waals surface area contributed by atoms with E-state index in [0.717, 1.165) is 49.6 Å². The third kappa shape index (κ3) is 4.44. The Hall–Kier alpha value is -2.92. The first-order chi connectivity index (χ1) is 13.4. The minimum absolute atomic E-state index is 0.599. The summed E-state index contributed by atoms with van der Waals surface area (Å²) >= 11 is 0. The summed E-state index contributed by atoms with van der Waals surface area (Å²) in [5.74, 6) is 0.818. The number of hydrogen-bond donors (Lipinski definition) is 1. The van der Waals surface area contributed by atoms with E-state index >= 15 is 0 Å². The van der Waals surface area contributed by atoms with Crippen molar-refractivity contribution < 1.29 is 4.74 Å². The quantitative estimate of drug-likeness (QED) is 0.732. The molecule has 1 N–H and O–H groups in total. The van der Waals surface area contributed by atoms with Crippen molar-refractivity contribution in [3.05, 3.63) is 72.7 Å². The van der Waals surface area contributed by atoms with Crippen LogP contribution in [-0.4, -0.2) is 42.8 Å². The Kier molecular flexibility index (Phi) is 5.60. The van der Waals surface area contributed by atoms with E-state index in [1.807, 2.05) is 30.6 Å². The molecular formula is C22H24N4O. The van der Waals surface area contributed by atoms with Crippen molar-refractivity contribution in [3.8, 4) is 17.0 Å². The van der Waals surface area contributed by atoms with E-state index < -0.39 is 0 Å². The molecule has 5 heteroatoms. The second kappa shape index (κ2) is 8.64. The average molecular weight is 360 g/mol. The number of hydrogen-bond acceptors (Lipinski definition) is 5. The Morgan fingerprint density at radius 2 is 1.89 bits per heavy atom. The molecule has 2 aromatic heterocycles. The Morgan fingerprint density at radius 3 is 2.74 bits per heavy atom. The van der Waals surface area contributed by atoms with Crippen LogP contribution in [0.5, 0.6) is 5.75 Å². The van der Waals surface area contributed by atoms with Gasteiger partial charge in [0.15, 0.2) is 0 Å². The first-order valence-corrected chi connectivity index (χ1v) is 9.43. The summed E-state index contributed by atoms with van der Waals surface area (Å²) in [6.07, 6.45) is 6.31. The smallest absolute Gasteiger partial charge is 0.145 e. The van der Waals surface area contributed by atoms with E-state index in [9.17, 15) is 0 Å². The van der Waals surface area contributed by atoms with E-state index in [-0.39, 0.29) is 0 Å². The lowest BCUT2D eigenvalue weighted by atomic mass is 10.1. The molecule has 1 aromatic carbocycles. The summed E-state index contributed by atoms with van der Waals surface area (Å²) < 4.78 is 6.07. The van der Waals surface area contributed by atoms with Crippen LogP contribution in [0.15, 0.2) is 67.1 Å². The Balaban J connectivity index is 1.50. The number of anilines is 1. The minimum Gasteiger partial charge on any atom is -0.491 e. The van der Waals surface area contributed by atoms with Crippen molar-refractivity contribution in [2.24, 2.45) is 0 Å². The zero-order chi connectivity index (χ0) is 18.3. The van der Waals surface area contributed by atoms with Gasteiger partial charge in [-0.3, -0.25) is 9.97 Å². The standard InChI is InChI=1S/C22H24N4O/c1-5-19(16-20(6-1)26-13-11-23-12-14-26)22-21(7-3-10-25-22)27-15-8-18-4-2-9-24-17-18/h1-7,9-10,16-17,23H,8,11-15H2. The third-order valence-electron chi connectivity index (χ3n) is 4.74. The van der Waals surface area contributed by atoms with Gasteiger partial charge in [-0.25, -0.2) is 0 Å². The molecule has 0 amide bonds. The maximum Gasteiger partial charge on any atom is 0.145 e. The van der Waals surface area contributed by atoms with Gasteiger partial charge in [-0.2, -0.15) is 0 Å². The number of nitrogens with one attached hydrogen (secondary N) is 1. The molecule has 0 spiro atoms. The number of piperazine rings is 1. The van der Waals surface area contributed by atoms with Gasteiger partial charge in [0, 0.05) is 62.4 Å². The molecule has 0 radical (unpaired) electrons. The first kappa shape index (κ1) is 17.5. The van der Waals surface area contributed by atoms with E-state index in [0.29, 0.717) is 6.61 Å². The van der Waals surface area contributed by atoms with Gasteiger partial charge < -0.3 is 15.0 Å². The predicted octanol–water partition coefficient (Wildman–Crippen LogP) is 3.17. The molecule has 0 unspecified atom stereocenters. The van der Waals surface area contributed by atoms with Crippen molar-refractivity contribution in [3.63, 3.8) is 0 Å². The Labute approximate surface area is 160 Å². The summed E-state index contributed by atoms with van der Waals surface area (Å²) in [7, 11) is 0. The van der Waals surface area contributed by atoms with Crippen LogP contribution in [0.1, 0.15) is 5.56 Å². The molecule has 0 saturated carbocycles. The number of nitrogens with zero attached hydrogens (tertiary/aromatic N) is 3. The monoisotopic (exact) mass is 360 g/mol. The van der Waals surface area contributed by atoms with Crippen molar-refractivity contribution in [2.75, 3.05) is 37.7 Å². The largest absolute Gasteiger partial charge is 0.491 e. The highest BCUT2D eigenvalue weighted by molar-refractivity contribution is 5.70. The zero-order valence-corrected chi connectivity index (χ0v) is 15.3. The molecule has 5 nitrogen and oxygen atoms in total. The molecule has 0 bridgehead atoms. The Bertz CT molecular complexity index is 863.